The molecule has 10 heteroatoms. The zero-order chi connectivity index (χ0) is 25.9. The van der Waals surface area contributed by atoms with Crippen molar-refractivity contribution < 1.29 is 23.6 Å². The molecule has 4 rings (SSSR count). The first-order chi connectivity index (χ1) is 17.1. The summed E-state index contributed by atoms with van der Waals surface area (Å²) in [6, 6.07) is 9.48. The average Bonchev–Trinajstić information content (AvgIpc) is 3.58. The van der Waals surface area contributed by atoms with E-state index in [0.29, 0.717) is 18.3 Å². The standard InChI is InChI=1S/C26H35BN4O5/c1-25(2)26(3,4)36-27(35-25)22(14-18-13-19(18)17-9-7-6-8-10-17)31-24(33)21(16-34-5)30-23(32)20-15-28-11-12-29-20/h6-12,15,18-19,21-22H,13-14,16H2,1-5H3,(H,30,32)(H,31,33)/t18-,19-,21+,22-/m0/s1. The van der Waals surface area contributed by atoms with E-state index in [1.807, 2.05) is 45.9 Å². The highest BCUT2D eigenvalue weighted by molar-refractivity contribution is 6.48. The Kier molecular flexibility index (Phi) is 7.77. The monoisotopic (exact) mass is 494 g/mol. The largest absolute Gasteiger partial charge is 0.481 e. The van der Waals surface area contributed by atoms with Gasteiger partial charge in [0.25, 0.3) is 5.91 Å². The summed E-state index contributed by atoms with van der Waals surface area (Å²) in [5.41, 5.74) is 0.359. The van der Waals surface area contributed by atoms with Crippen LogP contribution in [0.15, 0.2) is 48.9 Å². The Bertz CT molecular complexity index is 1040. The van der Waals surface area contributed by atoms with Gasteiger partial charge in [-0.05, 0) is 57.9 Å². The van der Waals surface area contributed by atoms with Crippen molar-refractivity contribution in [2.24, 2.45) is 5.92 Å². The first-order valence-electron chi connectivity index (χ1n) is 12.4. The quantitative estimate of drug-likeness (QED) is 0.489. The highest BCUT2D eigenvalue weighted by atomic mass is 16.7. The van der Waals surface area contributed by atoms with E-state index < -0.39 is 36.2 Å². The van der Waals surface area contributed by atoms with Crippen molar-refractivity contribution >= 4 is 18.9 Å². The zero-order valence-electron chi connectivity index (χ0n) is 21.6. The number of ether oxygens (including phenoxy) is 1. The van der Waals surface area contributed by atoms with Crippen molar-refractivity contribution in [2.45, 2.75) is 69.6 Å². The third-order valence-electron chi connectivity index (χ3n) is 7.39. The molecular weight excluding hydrogens is 459 g/mol. The number of nitrogens with zero attached hydrogens (tertiary/aromatic N) is 2. The van der Waals surface area contributed by atoms with Crippen LogP contribution in [0.5, 0.6) is 0 Å². The summed E-state index contributed by atoms with van der Waals surface area (Å²) in [7, 11) is 0.865. The maximum absolute atomic E-state index is 13.4. The van der Waals surface area contributed by atoms with Crippen molar-refractivity contribution in [3.63, 3.8) is 0 Å². The molecule has 9 nitrogen and oxygen atoms in total. The van der Waals surface area contributed by atoms with Gasteiger partial charge in [0.2, 0.25) is 5.91 Å². The van der Waals surface area contributed by atoms with Crippen LogP contribution in [-0.2, 0) is 18.8 Å². The van der Waals surface area contributed by atoms with E-state index in [9.17, 15) is 9.59 Å². The first kappa shape index (κ1) is 26.3. The van der Waals surface area contributed by atoms with Gasteiger partial charge >= 0.3 is 7.12 Å². The molecule has 192 valence electrons. The number of nitrogens with one attached hydrogen (secondary N) is 2. The van der Waals surface area contributed by atoms with Crippen molar-refractivity contribution in [2.75, 3.05) is 13.7 Å². The van der Waals surface area contributed by atoms with E-state index in [0.717, 1.165) is 6.42 Å². The predicted octanol–water partition coefficient (Wildman–Crippen LogP) is 2.53. The molecule has 2 amide bonds. The lowest BCUT2D eigenvalue weighted by Gasteiger charge is -2.32. The van der Waals surface area contributed by atoms with E-state index in [-0.39, 0.29) is 18.2 Å². The Morgan fingerprint density at radius 2 is 1.81 bits per heavy atom. The first-order valence-corrected chi connectivity index (χ1v) is 12.4. The normalized spacial score (nSPS) is 23.5. The Balaban J connectivity index is 1.48. The minimum atomic E-state index is -0.918. The molecule has 0 radical (unpaired) electrons. The Hall–Kier alpha value is -2.82. The number of aromatic nitrogens is 2. The fraction of sp³-hybridized carbons (Fsp3) is 0.538. The molecule has 1 aromatic heterocycles. The van der Waals surface area contributed by atoms with Crippen molar-refractivity contribution in [3.05, 3.63) is 60.2 Å². The molecular formula is C26H35BN4O5. The molecule has 0 unspecified atom stereocenters. The van der Waals surface area contributed by atoms with Gasteiger partial charge in [0.15, 0.2) is 0 Å². The minimum absolute atomic E-state index is 0.00396. The second-order valence-corrected chi connectivity index (χ2v) is 10.6. The number of carbonyl (C=O) groups excluding carboxylic acids is 2. The molecule has 1 aliphatic carbocycles. The fourth-order valence-electron chi connectivity index (χ4n) is 4.52. The van der Waals surface area contributed by atoms with Crippen LogP contribution in [0.1, 0.15) is 62.5 Å². The lowest BCUT2D eigenvalue weighted by molar-refractivity contribution is -0.124. The van der Waals surface area contributed by atoms with Gasteiger partial charge in [0.1, 0.15) is 11.7 Å². The number of benzene rings is 1. The van der Waals surface area contributed by atoms with Crippen LogP contribution < -0.4 is 10.6 Å². The number of hydrogen-bond acceptors (Lipinski definition) is 7. The molecule has 2 fully saturated rings. The second kappa shape index (κ2) is 10.7. The molecule has 1 aromatic carbocycles. The van der Waals surface area contributed by atoms with Crippen LogP contribution in [0, 0.1) is 5.92 Å². The molecule has 4 atom stereocenters. The molecule has 2 heterocycles. The SMILES string of the molecule is COC[C@@H](NC(=O)c1cnccn1)C(=O)N[C@@H](C[C@@H]1C[C@H]1c1ccccc1)B1OC(C)(C)C(C)(C)O1. The molecule has 2 aliphatic rings. The lowest BCUT2D eigenvalue weighted by atomic mass is 9.74. The van der Waals surface area contributed by atoms with Gasteiger partial charge in [-0.3, -0.25) is 14.6 Å². The highest BCUT2D eigenvalue weighted by Crippen LogP contribution is 2.51. The maximum atomic E-state index is 13.4. The Morgan fingerprint density at radius 3 is 2.42 bits per heavy atom. The summed E-state index contributed by atoms with van der Waals surface area (Å²) in [4.78, 5) is 33.9. The Morgan fingerprint density at radius 1 is 1.11 bits per heavy atom. The van der Waals surface area contributed by atoms with Gasteiger partial charge in [-0.25, -0.2) is 4.98 Å². The highest BCUT2D eigenvalue weighted by Gasteiger charge is 2.55. The summed E-state index contributed by atoms with van der Waals surface area (Å²) < 4.78 is 17.9. The van der Waals surface area contributed by atoms with Crippen molar-refractivity contribution in [1.29, 1.82) is 0 Å². The van der Waals surface area contributed by atoms with Gasteiger partial charge in [-0.15, -0.1) is 0 Å². The smallest absolute Gasteiger partial charge is 0.402 e. The molecule has 0 spiro atoms. The molecule has 1 aliphatic heterocycles. The maximum Gasteiger partial charge on any atom is 0.481 e. The average molecular weight is 494 g/mol. The second-order valence-electron chi connectivity index (χ2n) is 10.6. The molecule has 1 saturated heterocycles. The molecule has 36 heavy (non-hydrogen) atoms. The van der Waals surface area contributed by atoms with Crippen LogP contribution in [0.4, 0.5) is 0 Å². The van der Waals surface area contributed by atoms with E-state index in [1.165, 1.54) is 31.3 Å². The summed E-state index contributed by atoms with van der Waals surface area (Å²) in [6.07, 6.45) is 5.99. The summed E-state index contributed by atoms with van der Waals surface area (Å²) in [6.45, 7) is 7.97. The van der Waals surface area contributed by atoms with E-state index in [1.54, 1.807) is 0 Å². The van der Waals surface area contributed by atoms with E-state index in [4.69, 9.17) is 14.0 Å². The van der Waals surface area contributed by atoms with Gasteiger partial charge in [-0.1, -0.05) is 30.3 Å². The zero-order valence-corrected chi connectivity index (χ0v) is 21.6. The third kappa shape index (κ3) is 5.94. The fourth-order valence-corrected chi connectivity index (χ4v) is 4.52. The summed E-state index contributed by atoms with van der Waals surface area (Å²) in [5, 5.41) is 5.81. The van der Waals surface area contributed by atoms with Gasteiger partial charge in [0.05, 0.1) is 29.9 Å². The van der Waals surface area contributed by atoms with Crippen molar-refractivity contribution in [3.8, 4) is 0 Å². The van der Waals surface area contributed by atoms with Crippen LogP contribution in [0.3, 0.4) is 0 Å². The van der Waals surface area contributed by atoms with Gasteiger partial charge in [-0.2, -0.15) is 0 Å². The van der Waals surface area contributed by atoms with Crippen LogP contribution >= 0.6 is 0 Å². The molecule has 0 bridgehead atoms. The van der Waals surface area contributed by atoms with E-state index in [2.05, 4.69) is 32.7 Å². The molecule has 2 N–H and O–H groups in total. The third-order valence-corrected chi connectivity index (χ3v) is 7.39. The van der Waals surface area contributed by atoms with Crippen molar-refractivity contribution in [1.82, 2.24) is 20.6 Å². The molecule has 2 aromatic rings. The summed E-state index contributed by atoms with van der Waals surface area (Å²) >= 11 is 0. The van der Waals surface area contributed by atoms with Gasteiger partial charge in [0, 0.05) is 19.5 Å². The predicted molar refractivity (Wildman–Crippen MR) is 135 cm³/mol. The number of rotatable bonds is 10. The van der Waals surface area contributed by atoms with E-state index >= 15 is 0 Å². The number of carbonyl (C=O) groups is 2. The minimum Gasteiger partial charge on any atom is -0.402 e. The van der Waals surface area contributed by atoms with Crippen LogP contribution in [0.2, 0.25) is 0 Å². The number of amides is 2. The number of hydrogen-bond donors (Lipinski definition) is 2. The number of methoxy groups -OCH3 is 1. The topological polar surface area (TPSA) is 112 Å². The van der Waals surface area contributed by atoms with Crippen LogP contribution in [0.25, 0.3) is 0 Å². The van der Waals surface area contributed by atoms with Crippen LogP contribution in [-0.4, -0.2) is 65.8 Å². The van der Waals surface area contributed by atoms with Gasteiger partial charge < -0.3 is 24.7 Å². The summed E-state index contributed by atoms with van der Waals surface area (Å²) in [5.74, 6) is -0.430. The molecule has 1 saturated carbocycles. The Labute approximate surface area is 212 Å². The lowest BCUT2D eigenvalue weighted by Crippen LogP contribution is -2.56.